The predicted molar refractivity (Wildman–Crippen MR) is 78.6 cm³/mol. The van der Waals surface area contributed by atoms with Crippen molar-refractivity contribution >= 4 is 11.0 Å². The molecule has 1 heterocycles. The van der Waals surface area contributed by atoms with E-state index in [9.17, 15) is 13.2 Å². The molecule has 0 fully saturated rings. The minimum Gasteiger partial charge on any atom is -0.463 e. The first kappa shape index (κ1) is 15.9. The second-order valence-electron chi connectivity index (χ2n) is 7.55. The zero-order valence-corrected chi connectivity index (χ0v) is 13.3. The lowest BCUT2D eigenvalue weighted by Gasteiger charge is -2.25. The fourth-order valence-electron chi connectivity index (χ4n) is 2.35. The van der Waals surface area contributed by atoms with E-state index in [0.29, 0.717) is 5.58 Å². The van der Waals surface area contributed by atoms with Crippen molar-refractivity contribution in [1.29, 1.82) is 0 Å². The van der Waals surface area contributed by atoms with E-state index in [1.54, 1.807) is 6.07 Å². The standard InChI is InChI=1S/C17H21F3O/c1-15(2,3)10-7-11-13(17(18,19)20)9-21-14(11)12(8-10)16(4,5)6/h7-9H,1-6H3. The van der Waals surface area contributed by atoms with Gasteiger partial charge < -0.3 is 4.42 Å². The summed E-state index contributed by atoms with van der Waals surface area (Å²) >= 11 is 0. The van der Waals surface area contributed by atoms with Gasteiger partial charge in [0, 0.05) is 10.9 Å². The number of hydrogen-bond acceptors (Lipinski definition) is 1. The van der Waals surface area contributed by atoms with Crippen LogP contribution in [0.15, 0.2) is 22.8 Å². The zero-order valence-electron chi connectivity index (χ0n) is 13.3. The van der Waals surface area contributed by atoms with Gasteiger partial charge in [-0.2, -0.15) is 13.2 Å². The van der Waals surface area contributed by atoms with Crippen LogP contribution in [0.1, 0.15) is 58.2 Å². The highest BCUT2D eigenvalue weighted by Gasteiger charge is 2.36. The topological polar surface area (TPSA) is 13.1 Å². The number of furan rings is 1. The first-order chi connectivity index (χ1) is 9.32. The molecule has 0 aliphatic heterocycles. The van der Waals surface area contributed by atoms with Crippen molar-refractivity contribution in [3.8, 4) is 0 Å². The van der Waals surface area contributed by atoms with Gasteiger partial charge in [0.1, 0.15) is 17.4 Å². The van der Waals surface area contributed by atoms with Crippen molar-refractivity contribution in [3.05, 3.63) is 35.1 Å². The fourth-order valence-corrected chi connectivity index (χ4v) is 2.35. The zero-order chi connectivity index (χ0) is 16.2. The highest BCUT2D eigenvalue weighted by Crippen LogP contribution is 2.42. The van der Waals surface area contributed by atoms with Gasteiger partial charge in [-0.25, -0.2) is 0 Å². The van der Waals surface area contributed by atoms with Gasteiger partial charge in [0.05, 0.1) is 0 Å². The number of alkyl halides is 3. The van der Waals surface area contributed by atoms with Crippen LogP contribution in [0.25, 0.3) is 11.0 Å². The summed E-state index contributed by atoms with van der Waals surface area (Å²) in [5.41, 5.74) is 0.804. The van der Waals surface area contributed by atoms with Crippen molar-refractivity contribution in [2.75, 3.05) is 0 Å². The van der Waals surface area contributed by atoms with E-state index < -0.39 is 11.7 Å². The van der Waals surface area contributed by atoms with Crippen LogP contribution in [0.4, 0.5) is 13.2 Å². The van der Waals surface area contributed by atoms with Gasteiger partial charge in [-0.3, -0.25) is 0 Å². The van der Waals surface area contributed by atoms with E-state index in [1.807, 2.05) is 47.6 Å². The molecule has 0 saturated carbocycles. The number of fused-ring (bicyclic) bond motifs is 1. The maximum absolute atomic E-state index is 13.1. The van der Waals surface area contributed by atoms with Gasteiger partial charge in [-0.05, 0) is 22.5 Å². The lowest BCUT2D eigenvalue weighted by molar-refractivity contribution is -0.136. The van der Waals surface area contributed by atoms with E-state index in [4.69, 9.17) is 4.42 Å². The summed E-state index contributed by atoms with van der Waals surface area (Å²) in [6, 6.07) is 3.57. The molecular formula is C17H21F3O. The largest absolute Gasteiger partial charge is 0.463 e. The van der Waals surface area contributed by atoms with E-state index in [-0.39, 0.29) is 16.2 Å². The quantitative estimate of drug-likeness (QED) is 0.577. The first-order valence-electron chi connectivity index (χ1n) is 6.95. The molecule has 0 aliphatic carbocycles. The van der Waals surface area contributed by atoms with Crippen LogP contribution in [0.3, 0.4) is 0 Å². The highest BCUT2D eigenvalue weighted by atomic mass is 19.4. The molecular weight excluding hydrogens is 277 g/mol. The Morgan fingerprint density at radius 1 is 0.810 bits per heavy atom. The van der Waals surface area contributed by atoms with Crippen LogP contribution in [-0.2, 0) is 17.0 Å². The SMILES string of the molecule is CC(C)(C)c1cc(C(C)(C)C)c2occ(C(F)(F)F)c2c1. The van der Waals surface area contributed by atoms with Gasteiger partial charge in [0.2, 0.25) is 0 Å². The summed E-state index contributed by atoms with van der Waals surface area (Å²) < 4.78 is 44.7. The maximum atomic E-state index is 13.1. The van der Waals surface area contributed by atoms with Crippen molar-refractivity contribution in [2.45, 2.75) is 58.5 Å². The number of benzene rings is 1. The normalized spacial score (nSPS) is 14.0. The molecule has 4 heteroatoms. The molecule has 21 heavy (non-hydrogen) atoms. The minimum atomic E-state index is -4.41. The van der Waals surface area contributed by atoms with Crippen LogP contribution < -0.4 is 0 Å². The van der Waals surface area contributed by atoms with Crippen molar-refractivity contribution < 1.29 is 17.6 Å². The molecule has 0 bridgehead atoms. The molecule has 0 spiro atoms. The van der Waals surface area contributed by atoms with E-state index in [0.717, 1.165) is 17.4 Å². The lowest BCUT2D eigenvalue weighted by Crippen LogP contribution is -2.17. The van der Waals surface area contributed by atoms with Crippen LogP contribution >= 0.6 is 0 Å². The Morgan fingerprint density at radius 3 is 1.81 bits per heavy atom. The van der Waals surface area contributed by atoms with Gasteiger partial charge in [-0.15, -0.1) is 0 Å². The van der Waals surface area contributed by atoms with Crippen LogP contribution in [0.5, 0.6) is 0 Å². The molecule has 116 valence electrons. The molecule has 2 rings (SSSR count). The van der Waals surface area contributed by atoms with E-state index >= 15 is 0 Å². The van der Waals surface area contributed by atoms with Crippen LogP contribution in [0.2, 0.25) is 0 Å². The van der Waals surface area contributed by atoms with E-state index in [2.05, 4.69) is 0 Å². The number of halogens is 3. The average molecular weight is 298 g/mol. The summed E-state index contributed by atoms with van der Waals surface area (Å²) in [7, 11) is 0. The monoisotopic (exact) mass is 298 g/mol. The molecule has 0 unspecified atom stereocenters. The molecule has 2 aromatic rings. The molecule has 0 aliphatic rings. The molecule has 1 nitrogen and oxygen atoms in total. The summed E-state index contributed by atoms with van der Waals surface area (Å²) in [4.78, 5) is 0. The molecule has 1 aromatic heterocycles. The van der Waals surface area contributed by atoms with Gasteiger partial charge in [0.15, 0.2) is 0 Å². The molecule has 0 saturated heterocycles. The molecule has 0 amide bonds. The third-order valence-electron chi connectivity index (χ3n) is 3.65. The highest BCUT2D eigenvalue weighted by molar-refractivity contribution is 5.86. The lowest BCUT2D eigenvalue weighted by atomic mass is 9.79. The Bertz CT molecular complexity index is 664. The first-order valence-corrected chi connectivity index (χ1v) is 6.95. The Labute approximate surface area is 123 Å². The molecule has 1 aromatic carbocycles. The molecule has 0 atom stereocenters. The number of hydrogen-bond donors (Lipinski definition) is 0. The smallest absolute Gasteiger partial charge is 0.420 e. The second-order valence-corrected chi connectivity index (χ2v) is 7.55. The maximum Gasteiger partial charge on any atom is 0.420 e. The fraction of sp³-hybridized carbons (Fsp3) is 0.529. The van der Waals surface area contributed by atoms with Gasteiger partial charge in [-0.1, -0.05) is 47.6 Å². The second kappa shape index (κ2) is 4.52. The molecule has 0 radical (unpaired) electrons. The molecule has 0 N–H and O–H groups in total. The van der Waals surface area contributed by atoms with Crippen molar-refractivity contribution in [3.63, 3.8) is 0 Å². The predicted octanol–water partition coefficient (Wildman–Crippen LogP) is 6.05. The van der Waals surface area contributed by atoms with Crippen molar-refractivity contribution in [2.24, 2.45) is 0 Å². The van der Waals surface area contributed by atoms with Crippen LogP contribution in [-0.4, -0.2) is 0 Å². The van der Waals surface area contributed by atoms with Gasteiger partial charge >= 0.3 is 6.18 Å². The Morgan fingerprint density at radius 2 is 1.38 bits per heavy atom. The van der Waals surface area contributed by atoms with Crippen LogP contribution in [0, 0.1) is 0 Å². The third kappa shape index (κ3) is 2.94. The van der Waals surface area contributed by atoms with Crippen molar-refractivity contribution in [1.82, 2.24) is 0 Å². The Balaban J connectivity index is 2.88. The summed E-state index contributed by atoms with van der Waals surface area (Å²) in [6.07, 6.45) is -3.58. The van der Waals surface area contributed by atoms with E-state index in [1.165, 1.54) is 0 Å². The number of rotatable bonds is 0. The van der Waals surface area contributed by atoms with Gasteiger partial charge in [0.25, 0.3) is 0 Å². The Hall–Kier alpha value is -1.45. The summed E-state index contributed by atoms with van der Waals surface area (Å²) in [6.45, 7) is 11.9. The summed E-state index contributed by atoms with van der Waals surface area (Å²) in [5.74, 6) is 0. The average Bonchev–Trinajstić information content (AvgIpc) is 2.67. The summed E-state index contributed by atoms with van der Waals surface area (Å²) in [5, 5.41) is 0.153. The Kier molecular flexibility index (Phi) is 3.43. The third-order valence-corrected chi connectivity index (χ3v) is 3.65. The minimum absolute atomic E-state index is 0.153.